The van der Waals surface area contributed by atoms with Gasteiger partial charge in [0, 0.05) is 16.8 Å². The number of hydrogen-bond donors (Lipinski definition) is 2. The number of anilines is 2. The van der Waals surface area contributed by atoms with Crippen LogP contribution in [0.15, 0.2) is 30.3 Å². The molecule has 0 aliphatic heterocycles. The number of aryl methyl sites for hydroxylation is 1. The van der Waals surface area contributed by atoms with E-state index in [1.807, 2.05) is 36.6 Å². The molecule has 0 saturated carbocycles. The van der Waals surface area contributed by atoms with Crippen molar-refractivity contribution in [1.29, 1.82) is 0 Å². The van der Waals surface area contributed by atoms with Crippen LogP contribution in [-0.2, 0) is 13.0 Å². The van der Waals surface area contributed by atoms with E-state index in [9.17, 15) is 0 Å². The van der Waals surface area contributed by atoms with Crippen molar-refractivity contribution in [2.45, 2.75) is 19.9 Å². The normalized spacial score (nSPS) is 10.2. The second-order valence-corrected chi connectivity index (χ2v) is 4.99. The van der Waals surface area contributed by atoms with Crippen LogP contribution in [0.1, 0.15) is 16.7 Å². The lowest BCUT2D eigenvalue weighted by atomic mass is 10.3. The second kappa shape index (κ2) is 5.68. The molecule has 0 fully saturated rings. The number of thiophene rings is 1. The monoisotopic (exact) mass is 247 g/mol. The largest absolute Gasteiger partial charge is 0.373 e. The van der Waals surface area contributed by atoms with Gasteiger partial charge in [-0.25, -0.2) is 4.98 Å². The smallest absolute Gasteiger partial charge is 0.128 e. The van der Waals surface area contributed by atoms with E-state index in [-0.39, 0.29) is 0 Å². The highest BCUT2D eigenvalue weighted by Crippen LogP contribution is 2.18. The highest BCUT2D eigenvalue weighted by molar-refractivity contribution is 7.12. The Labute approximate surface area is 106 Å². The first-order valence-corrected chi connectivity index (χ1v) is 6.59. The maximum absolute atomic E-state index is 4.42. The van der Waals surface area contributed by atoms with Crippen molar-refractivity contribution >= 4 is 23.0 Å². The van der Waals surface area contributed by atoms with E-state index in [1.54, 1.807) is 0 Å². The molecule has 3 nitrogen and oxygen atoms in total. The van der Waals surface area contributed by atoms with E-state index in [2.05, 4.69) is 34.7 Å². The van der Waals surface area contributed by atoms with Crippen molar-refractivity contribution in [2.75, 3.05) is 17.7 Å². The lowest BCUT2D eigenvalue weighted by Crippen LogP contribution is -2.01. The van der Waals surface area contributed by atoms with Gasteiger partial charge in [0.15, 0.2) is 0 Å². The molecule has 0 atom stereocenters. The Morgan fingerprint density at radius 3 is 2.59 bits per heavy atom. The molecule has 0 saturated heterocycles. The van der Waals surface area contributed by atoms with Gasteiger partial charge in [0.25, 0.3) is 0 Å². The first kappa shape index (κ1) is 11.9. The highest BCUT2D eigenvalue weighted by atomic mass is 32.1. The molecule has 90 valence electrons. The first-order chi connectivity index (χ1) is 8.31. The summed E-state index contributed by atoms with van der Waals surface area (Å²) in [5.74, 6) is 1.79. The molecule has 2 heterocycles. The van der Waals surface area contributed by atoms with Crippen LogP contribution in [0, 0.1) is 0 Å². The van der Waals surface area contributed by atoms with Crippen LogP contribution in [0.25, 0.3) is 0 Å². The first-order valence-electron chi connectivity index (χ1n) is 5.78. The second-order valence-electron chi connectivity index (χ2n) is 3.73. The summed E-state index contributed by atoms with van der Waals surface area (Å²) in [5, 5.41) is 6.36. The third-order valence-corrected chi connectivity index (χ3v) is 3.74. The molecule has 2 rings (SSSR count). The molecule has 0 bridgehead atoms. The van der Waals surface area contributed by atoms with Gasteiger partial charge in [-0.05, 0) is 30.7 Å². The molecule has 2 aromatic heterocycles. The van der Waals surface area contributed by atoms with E-state index < -0.39 is 0 Å². The molecule has 0 spiro atoms. The van der Waals surface area contributed by atoms with Gasteiger partial charge in [0.2, 0.25) is 0 Å². The SMILES string of the molecule is CCc1ccc(CNc2cccc(NC)n2)s1. The van der Waals surface area contributed by atoms with Crippen LogP contribution in [0.4, 0.5) is 11.6 Å². The standard InChI is InChI=1S/C13H17N3S/c1-3-10-7-8-11(17-10)9-15-13-6-4-5-12(14-2)16-13/h4-8H,3,9H2,1-2H3,(H2,14,15,16). The van der Waals surface area contributed by atoms with Gasteiger partial charge in [-0.2, -0.15) is 0 Å². The fourth-order valence-electron chi connectivity index (χ4n) is 1.56. The number of nitrogens with one attached hydrogen (secondary N) is 2. The van der Waals surface area contributed by atoms with Crippen LogP contribution >= 0.6 is 11.3 Å². The predicted octanol–water partition coefficient (Wildman–Crippen LogP) is 3.36. The summed E-state index contributed by atoms with van der Waals surface area (Å²) in [7, 11) is 1.87. The van der Waals surface area contributed by atoms with Crippen molar-refractivity contribution in [3.63, 3.8) is 0 Å². The molecule has 2 N–H and O–H groups in total. The third-order valence-electron chi connectivity index (χ3n) is 2.51. The van der Waals surface area contributed by atoms with E-state index in [4.69, 9.17) is 0 Å². The molecule has 2 aromatic rings. The summed E-state index contributed by atoms with van der Waals surface area (Å²) in [6.07, 6.45) is 1.11. The Kier molecular flexibility index (Phi) is 3.98. The van der Waals surface area contributed by atoms with Gasteiger partial charge in [-0.1, -0.05) is 13.0 Å². The Balaban J connectivity index is 1.96. The fourth-order valence-corrected chi connectivity index (χ4v) is 2.46. The Bertz CT molecular complexity index is 479. The molecular formula is C13H17N3S. The van der Waals surface area contributed by atoms with Gasteiger partial charge >= 0.3 is 0 Å². The lowest BCUT2D eigenvalue weighted by Gasteiger charge is -2.05. The van der Waals surface area contributed by atoms with Crippen LogP contribution in [0.2, 0.25) is 0 Å². The summed E-state index contributed by atoms with van der Waals surface area (Å²) in [4.78, 5) is 7.19. The summed E-state index contributed by atoms with van der Waals surface area (Å²) < 4.78 is 0. The molecule has 0 aromatic carbocycles. The summed E-state index contributed by atoms with van der Waals surface area (Å²) in [6, 6.07) is 10.3. The van der Waals surface area contributed by atoms with E-state index in [1.165, 1.54) is 9.75 Å². The van der Waals surface area contributed by atoms with Gasteiger partial charge < -0.3 is 10.6 Å². The lowest BCUT2D eigenvalue weighted by molar-refractivity contribution is 1.14. The van der Waals surface area contributed by atoms with Crippen LogP contribution in [0.5, 0.6) is 0 Å². The van der Waals surface area contributed by atoms with Crippen molar-refractivity contribution in [3.8, 4) is 0 Å². The highest BCUT2D eigenvalue weighted by Gasteiger charge is 1.99. The Morgan fingerprint density at radius 1 is 1.12 bits per heavy atom. The molecular weight excluding hydrogens is 230 g/mol. The minimum Gasteiger partial charge on any atom is -0.373 e. The Morgan fingerprint density at radius 2 is 1.88 bits per heavy atom. The number of aromatic nitrogens is 1. The molecule has 0 aliphatic rings. The molecule has 0 radical (unpaired) electrons. The van der Waals surface area contributed by atoms with Crippen LogP contribution in [0.3, 0.4) is 0 Å². The van der Waals surface area contributed by atoms with Gasteiger partial charge in [-0.15, -0.1) is 11.3 Å². The zero-order valence-electron chi connectivity index (χ0n) is 10.2. The van der Waals surface area contributed by atoms with Crippen molar-refractivity contribution in [3.05, 3.63) is 40.1 Å². The van der Waals surface area contributed by atoms with Gasteiger partial charge in [0.1, 0.15) is 11.6 Å². The Hall–Kier alpha value is -1.55. The van der Waals surface area contributed by atoms with E-state index >= 15 is 0 Å². The van der Waals surface area contributed by atoms with Gasteiger partial charge in [-0.3, -0.25) is 0 Å². The summed E-state index contributed by atoms with van der Waals surface area (Å²) >= 11 is 1.86. The van der Waals surface area contributed by atoms with Gasteiger partial charge in [0.05, 0.1) is 6.54 Å². The molecule has 0 aliphatic carbocycles. The van der Waals surface area contributed by atoms with Crippen molar-refractivity contribution in [2.24, 2.45) is 0 Å². The summed E-state index contributed by atoms with van der Waals surface area (Å²) in [5.41, 5.74) is 0. The maximum Gasteiger partial charge on any atom is 0.128 e. The summed E-state index contributed by atoms with van der Waals surface area (Å²) in [6.45, 7) is 3.02. The zero-order chi connectivity index (χ0) is 12.1. The third kappa shape index (κ3) is 3.20. The maximum atomic E-state index is 4.42. The van der Waals surface area contributed by atoms with Crippen molar-refractivity contribution in [1.82, 2.24) is 4.98 Å². The molecule has 4 heteroatoms. The quantitative estimate of drug-likeness (QED) is 0.850. The van der Waals surface area contributed by atoms with Crippen LogP contribution in [-0.4, -0.2) is 12.0 Å². The van der Waals surface area contributed by atoms with E-state index in [0.29, 0.717) is 0 Å². The number of rotatable bonds is 5. The molecule has 0 unspecified atom stereocenters. The molecule has 17 heavy (non-hydrogen) atoms. The fraction of sp³-hybridized carbons (Fsp3) is 0.308. The topological polar surface area (TPSA) is 37.0 Å². The zero-order valence-corrected chi connectivity index (χ0v) is 11.0. The number of nitrogens with zero attached hydrogens (tertiary/aromatic N) is 1. The van der Waals surface area contributed by atoms with Crippen molar-refractivity contribution < 1.29 is 0 Å². The number of hydrogen-bond acceptors (Lipinski definition) is 4. The van der Waals surface area contributed by atoms with E-state index in [0.717, 1.165) is 24.6 Å². The average Bonchev–Trinajstić information content (AvgIpc) is 2.84. The predicted molar refractivity (Wildman–Crippen MR) is 74.8 cm³/mol. The minimum absolute atomic E-state index is 0.838. The molecule has 0 amide bonds. The average molecular weight is 247 g/mol. The minimum atomic E-state index is 0.838. The van der Waals surface area contributed by atoms with Crippen LogP contribution < -0.4 is 10.6 Å². The number of pyridine rings is 1.